The highest BCUT2D eigenvalue weighted by molar-refractivity contribution is 5.55. The zero-order valence-corrected chi connectivity index (χ0v) is 7.61. The fourth-order valence-electron chi connectivity index (χ4n) is 1.05. The second-order valence-electron chi connectivity index (χ2n) is 2.54. The van der Waals surface area contributed by atoms with E-state index in [2.05, 4.69) is 9.72 Å². The van der Waals surface area contributed by atoms with Crippen molar-refractivity contribution in [3.8, 4) is 5.75 Å². The molecule has 0 saturated carbocycles. The minimum absolute atomic E-state index is 0.349. The molecule has 0 aliphatic carbocycles. The van der Waals surface area contributed by atoms with Crippen molar-refractivity contribution >= 4 is 11.5 Å². The molecule has 1 aromatic rings. The normalized spacial score (nSPS) is 10.4. The quantitative estimate of drug-likeness (QED) is 0.614. The van der Waals surface area contributed by atoms with E-state index in [0.717, 1.165) is 13.2 Å². The van der Waals surface area contributed by atoms with Gasteiger partial charge in [-0.15, -0.1) is 0 Å². The Kier molecular flexibility index (Phi) is 2.98. The number of aromatic nitrogens is 1. The Morgan fingerprint density at radius 3 is 2.67 bits per heavy atom. The van der Waals surface area contributed by atoms with Gasteiger partial charge in [0.25, 0.3) is 6.43 Å². The molecule has 0 aliphatic rings. The zero-order valence-electron chi connectivity index (χ0n) is 7.61. The number of anilines is 1. The van der Waals surface area contributed by atoms with E-state index in [1.165, 1.54) is 0 Å². The molecule has 6 nitrogen and oxygen atoms in total. The largest absolute Gasteiger partial charge is 0.489 e. The summed E-state index contributed by atoms with van der Waals surface area (Å²) in [6.07, 6.45) is -2.98. The van der Waals surface area contributed by atoms with Gasteiger partial charge in [0.1, 0.15) is 5.82 Å². The molecule has 0 aromatic carbocycles. The van der Waals surface area contributed by atoms with Crippen LogP contribution in [0.2, 0.25) is 0 Å². The first kappa shape index (κ1) is 11.1. The molecule has 1 rings (SSSR count). The standard InChI is InChI=1S/C7H7F2N3O3/c1-15-6-3(12(13)14)2-4(10)11-5(6)7(8)9/h2,7H,1H3,(H2,10,11). The van der Waals surface area contributed by atoms with Crippen molar-refractivity contribution in [3.05, 3.63) is 21.9 Å². The maximum Gasteiger partial charge on any atom is 0.316 e. The molecule has 15 heavy (non-hydrogen) atoms. The van der Waals surface area contributed by atoms with Gasteiger partial charge < -0.3 is 10.5 Å². The Hall–Kier alpha value is -1.99. The molecule has 0 spiro atoms. The highest BCUT2D eigenvalue weighted by atomic mass is 19.3. The summed E-state index contributed by atoms with van der Waals surface area (Å²) < 4.78 is 29.3. The number of methoxy groups -OCH3 is 1. The van der Waals surface area contributed by atoms with Crippen LogP contribution in [0.1, 0.15) is 12.1 Å². The van der Waals surface area contributed by atoms with Gasteiger partial charge in [-0.3, -0.25) is 10.1 Å². The highest BCUT2D eigenvalue weighted by Gasteiger charge is 2.26. The van der Waals surface area contributed by atoms with E-state index in [1.807, 2.05) is 0 Å². The van der Waals surface area contributed by atoms with Gasteiger partial charge in [0.2, 0.25) is 5.75 Å². The van der Waals surface area contributed by atoms with Crippen LogP contribution in [0.25, 0.3) is 0 Å². The van der Waals surface area contributed by atoms with Crippen LogP contribution in [0.3, 0.4) is 0 Å². The highest BCUT2D eigenvalue weighted by Crippen LogP contribution is 2.36. The molecule has 0 saturated heterocycles. The lowest BCUT2D eigenvalue weighted by atomic mass is 10.3. The zero-order chi connectivity index (χ0) is 11.6. The third-order valence-corrected chi connectivity index (χ3v) is 1.61. The van der Waals surface area contributed by atoms with Crippen molar-refractivity contribution in [1.82, 2.24) is 4.98 Å². The second-order valence-corrected chi connectivity index (χ2v) is 2.54. The van der Waals surface area contributed by atoms with Crippen LogP contribution in [0.4, 0.5) is 20.3 Å². The number of rotatable bonds is 3. The number of alkyl halides is 2. The third kappa shape index (κ3) is 2.09. The lowest BCUT2D eigenvalue weighted by Gasteiger charge is -2.07. The molecule has 0 radical (unpaired) electrons. The molecule has 0 aliphatic heterocycles. The SMILES string of the molecule is COc1c([N+](=O)[O-])cc(N)nc1C(F)F. The summed E-state index contributed by atoms with van der Waals surface area (Å²) >= 11 is 0. The molecule has 0 atom stereocenters. The summed E-state index contributed by atoms with van der Waals surface area (Å²) in [5.74, 6) is -0.915. The van der Waals surface area contributed by atoms with Crippen molar-refractivity contribution < 1.29 is 18.4 Å². The van der Waals surface area contributed by atoms with Gasteiger partial charge in [-0.2, -0.15) is 0 Å². The van der Waals surface area contributed by atoms with E-state index in [1.54, 1.807) is 0 Å². The summed E-state index contributed by atoms with van der Waals surface area (Å²) in [7, 11) is 1.05. The Morgan fingerprint density at radius 1 is 1.67 bits per heavy atom. The molecule has 1 aromatic heterocycles. The van der Waals surface area contributed by atoms with Crippen LogP contribution in [-0.4, -0.2) is 17.0 Å². The molecule has 0 bridgehead atoms. The number of halogens is 2. The molecule has 82 valence electrons. The number of pyridine rings is 1. The van der Waals surface area contributed by atoms with Gasteiger partial charge in [-0.1, -0.05) is 0 Å². The second kappa shape index (κ2) is 4.03. The van der Waals surface area contributed by atoms with Crippen LogP contribution in [0.5, 0.6) is 5.75 Å². The lowest BCUT2D eigenvalue weighted by Crippen LogP contribution is -2.04. The van der Waals surface area contributed by atoms with Gasteiger partial charge >= 0.3 is 5.69 Å². The maximum absolute atomic E-state index is 12.4. The van der Waals surface area contributed by atoms with Crippen LogP contribution < -0.4 is 10.5 Å². The van der Waals surface area contributed by atoms with Crippen molar-refractivity contribution in [2.75, 3.05) is 12.8 Å². The van der Waals surface area contributed by atoms with Crippen LogP contribution >= 0.6 is 0 Å². The van der Waals surface area contributed by atoms with Crippen LogP contribution in [-0.2, 0) is 0 Å². The van der Waals surface area contributed by atoms with Crippen molar-refractivity contribution in [3.63, 3.8) is 0 Å². The molecule has 0 unspecified atom stereocenters. The van der Waals surface area contributed by atoms with Gasteiger partial charge in [0, 0.05) is 0 Å². The predicted molar refractivity (Wildman–Crippen MR) is 46.8 cm³/mol. The first-order chi connectivity index (χ1) is 6.97. The average molecular weight is 219 g/mol. The molecule has 0 amide bonds. The maximum atomic E-state index is 12.4. The summed E-state index contributed by atoms with van der Waals surface area (Å²) in [6, 6.07) is 0.866. The van der Waals surface area contributed by atoms with Crippen molar-refractivity contribution in [2.45, 2.75) is 6.43 Å². The van der Waals surface area contributed by atoms with E-state index in [4.69, 9.17) is 5.73 Å². The minimum Gasteiger partial charge on any atom is -0.489 e. The number of hydrogen-bond donors (Lipinski definition) is 1. The fourth-order valence-corrected chi connectivity index (χ4v) is 1.05. The topological polar surface area (TPSA) is 91.3 Å². The molecule has 2 N–H and O–H groups in total. The number of nitrogens with two attached hydrogens (primary N) is 1. The third-order valence-electron chi connectivity index (χ3n) is 1.61. The monoisotopic (exact) mass is 219 g/mol. The molecule has 8 heteroatoms. The van der Waals surface area contributed by atoms with Gasteiger partial charge in [0.05, 0.1) is 18.1 Å². The smallest absolute Gasteiger partial charge is 0.316 e. The van der Waals surface area contributed by atoms with Crippen LogP contribution in [0, 0.1) is 10.1 Å². The van der Waals surface area contributed by atoms with Crippen molar-refractivity contribution in [1.29, 1.82) is 0 Å². The van der Waals surface area contributed by atoms with E-state index in [0.29, 0.717) is 0 Å². The number of nitro groups is 1. The van der Waals surface area contributed by atoms with Gasteiger partial charge in [-0.25, -0.2) is 13.8 Å². The molecule has 1 heterocycles. The number of nitrogen functional groups attached to an aromatic ring is 1. The lowest BCUT2D eigenvalue weighted by molar-refractivity contribution is -0.385. The number of ether oxygens (including phenoxy) is 1. The first-order valence-corrected chi connectivity index (χ1v) is 3.74. The van der Waals surface area contributed by atoms with Crippen LogP contribution in [0.15, 0.2) is 6.07 Å². The molecular formula is C7H7F2N3O3. The Morgan fingerprint density at radius 2 is 2.27 bits per heavy atom. The summed E-state index contributed by atoms with van der Waals surface area (Å²) in [5, 5.41) is 10.5. The number of nitrogens with zero attached hydrogens (tertiary/aromatic N) is 2. The Labute approximate surface area is 82.8 Å². The molecular weight excluding hydrogens is 212 g/mol. The van der Waals surface area contributed by atoms with Gasteiger partial charge in [-0.05, 0) is 0 Å². The van der Waals surface area contributed by atoms with E-state index < -0.39 is 28.5 Å². The Bertz CT molecular complexity index is 397. The van der Waals surface area contributed by atoms with E-state index in [-0.39, 0.29) is 5.82 Å². The van der Waals surface area contributed by atoms with Crippen molar-refractivity contribution in [2.24, 2.45) is 0 Å². The first-order valence-electron chi connectivity index (χ1n) is 3.74. The summed E-state index contributed by atoms with van der Waals surface area (Å²) in [6.45, 7) is 0. The molecule has 0 fully saturated rings. The Balaban J connectivity index is 3.45. The summed E-state index contributed by atoms with van der Waals surface area (Å²) in [4.78, 5) is 12.9. The fraction of sp³-hybridized carbons (Fsp3) is 0.286. The van der Waals surface area contributed by atoms with E-state index >= 15 is 0 Å². The van der Waals surface area contributed by atoms with Gasteiger partial charge in [0.15, 0.2) is 5.69 Å². The predicted octanol–water partition coefficient (Wildman–Crippen LogP) is 1.52. The van der Waals surface area contributed by atoms with E-state index in [9.17, 15) is 18.9 Å². The average Bonchev–Trinajstić information content (AvgIpc) is 2.16. The number of hydrogen-bond acceptors (Lipinski definition) is 5. The summed E-state index contributed by atoms with van der Waals surface area (Å²) in [5.41, 5.74) is 3.70. The minimum atomic E-state index is -2.98.